The van der Waals surface area contributed by atoms with Gasteiger partial charge >= 0.3 is 0 Å². The van der Waals surface area contributed by atoms with E-state index >= 15 is 0 Å². The van der Waals surface area contributed by atoms with Crippen LogP contribution in [0.2, 0.25) is 15.1 Å². The maximum atomic E-state index is 6.13. The van der Waals surface area contributed by atoms with Crippen molar-refractivity contribution < 1.29 is 0 Å². The van der Waals surface area contributed by atoms with Crippen LogP contribution in [0.4, 0.5) is 0 Å². The number of nitrogens with one attached hydrogen (secondary N) is 1. The average molecular weight is 421 g/mol. The summed E-state index contributed by atoms with van der Waals surface area (Å²) in [6.45, 7) is 3.02. The summed E-state index contributed by atoms with van der Waals surface area (Å²) in [4.78, 5) is 2.46. The molecule has 0 saturated carbocycles. The Morgan fingerprint density at radius 2 is 1.67 bits per heavy atom. The first-order valence-corrected chi connectivity index (χ1v) is 10.2. The molecule has 1 fully saturated rings. The molecule has 140 valence electrons. The fourth-order valence-electron chi connectivity index (χ4n) is 3.61. The van der Waals surface area contributed by atoms with Crippen LogP contribution in [0.3, 0.4) is 0 Å². The summed E-state index contributed by atoms with van der Waals surface area (Å²) >= 11 is 18.1. The lowest BCUT2D eigenvalue weighted by Gasteiger charge is -2.31. The van der Waals surface area contributed by atoms with E-state index in [1.54, 1.807) is 0 Å². The van der Waals surface area contributed by atoms with Gasteiger partial charge in [-0.2, -0.15) is 5.10 Å². The Bertz CT molecular complexity index is 913. The van der Waals surface area contributed by atoms with Gasteiger partial charge in [-0.15, -0.1) is 0 Å². The molecule has 0 radical (unpaired) electrons. The number of rotatable bonds is 4. The number of aromatic amines is 1. The number of halogens is 3. The third-order valence-electron chi connectivity index (χ3n) is 5.16. The number of hydrogen-bond donors (Lipinski definition) is 1. The molecular weight excluding hydrogens is 401 g/mol. The number of aromatic nitrogens is 2. The molecule has 1 aromatic heterocycles. The summed E-state index contributed by atoms with van der Waals surface area (Å²) < 4.78 is 0. The first-order chi connectivity index (χ1) is 13.1. The molecule has 2 heterocycles. The molecule has 3 nitrogen and oxygen atoms in total. The molecule has 0 unspecified atom stereocenters. The number of hydrogen-bond acceptors (Lipinski definition) is 2. The van der Waals surface area contributed by atoms with Crippen LogP contribution in [-0.2, 0) is 6.54 Å². The van der Waals surface area contributed by atoms with Gasteiger partial charge in [0.15, 0.2) is 0 Å². The molecule has 0 atom stereocenters. The van der Waals surface area contributed by atoms with Crippen LogP contribution >= 0.6 is 34.8 Å². The zero-order valence-corrected chi connectivity index (χ0v) is 17.0. The van der Waals surface area contributed by atoms with Crippen LogP contribution in [0.15, 0.2) is 48.5 Å². The topological polar surface area (TPSA) is 31.9 Å². The molecule has 0 bridgehead atoms. The van der Waals surface area contributed by atoms with Crippen molar-refractivity contribution in [2.45, 2.75) is 25.3 Å². The summed E-state index contributed by atoms with van der Waals surface area (Å²) in [6, 6.07) is 15.8. The fraction of sp³-hybridized carbons (Fsp3) is 0.286. The number of piperidine rings is 1. The predicted octanol–water partition coefficient (Wildman–Crippen LogP) is 6.42. The van der Waals surface area contributed by atoms with Crippen molar-refractivity contribution in [2.24, 2.45) is 0 Å². The zero-order valence-electron chi connectivity index (χ0n) is 14.8. The third kappa shape index (κ3) is 4.49. The highest BCUT2D eigenvalue weighted by Gasteiger charge is 2.22. The van der Waals surface area contributed by atoms with Gasteiger partial charge in [0.1, 0.15) is 0 Å². The van der Waals surface area contributed by atoms with E-state index in [4.69, 9.17) is 34.8 Å². The van der Waals surface area contributed by atoms with Crippen LogP contribution in [0.5, 0.6) is 0 Å². The first-order valence-electron chi connectivity index (χ1n) is 9.06. The molecule has 0 amide bonds. The van der Waals surface area contributed by atoms with Crippen LogP contribution in [0, 0.1) is 0 Å². The summed E-state index contributed by atoms with van der Waals surface area (Å²) in [5.74, 6) is 0.517. The van der Waals surface area contributed by atoms with Gasteiger partial charge in [-0.3, -0.25) is 10.00 Å². The Morgan fingerprint density at radius 3 is 2.37 bits per heavy atom. The van der Waals surface area contributed by atoms with E-state index in [1.807, 2.05) is 42.5 Å². The Hall–Kier alpha value is -1.52. The smallest absolute Gasteiger partial charge is 0.0923 e. The van der Waals surface area contributed by atoms with Crippen molar-refractivity contribution in [3.63, 3.8) is 0 Å². The minimum absolute atomic E-state index is 0.517. The highest BCUT2D eigenvalue weighted by atomic mass is 35.5. The highest BCUT2D eigenvalue weighted by Crippen LogP contribution is 2.31. The Balaban J connectivity index is 1.36. The van der Waals surface area contributed by atoms with Crippen LogP contribution in [-0.4, -0.2) is 28.2 Å². The fourth-order valence-corrected chi connectivity index (χ4v) is 4.06. The quantitative estimate of drug-likeness (QED) is 0.528. The van der Waals surface area contributed by atoms with E-state index in [0.717, 1.165) is 48.8 Å². The van der Waals surface area contributed by atoms with Gasteiger partial charge in [-0.05, 0) is 61.8 Å². The van der Waals surface area contributed by atoms with E-state index in [-0.39, 0.29) is 0 Å². The van der Waals surface area contributed by atoms with Crippen molar-refractivity contribution >= 4 is 34.8 Å². The SMILES string of the molecule is Clc1ccc(-c2cc(C3CCN(Cc4ccc(Cl)c(Cl)c4)CC3)[nH]n2)cc1. The number of H-pyrrole nitrogens is 1. The molecule has 1 N–H and O–H groups in total. The minimum Gasteiger partial charge on any atom is -0.299 e. The van der Waals surface area contributed by atoms with Gasteiger partial charge in [0.25, 0.3) is 0 Å². The van der Waals surface area contributed by atoms with E-state index < -0.39 is 0 Å². The second-order valence-electron chi connectivity index (χ2n) is 7.01. The normalized spacial score (nSPS) is 16.0. The molecule has 27 heavy (non-hydrogen) atoms. The summed E-state index contributed by atoms with van der Waals surface area (Å²) in [5, 5.41) is 9.69. The third-order valence-corrected chi connectivity index (χ3v) is 6.15. The molecule has 1 aliphatic heterocycles. The lowest BCUT2D eigenvalue weighted by Crippen LogP contribution is -2.32. The predicted molar refractivity (Wildman–Crippen MR) is 113 cm³/mol. The van der Waals surface area contributed by atoms with E-state index in [2.05, 4.69) is 21.2 Å². The molecule has 3 aromatic rings. The summed E-state index contributed by atoms with van der Waals surface area (Å²) in [7, 11) is 0. The number of likely N-dealkylation sites (tertiary alicyclic amines) is 1. The molecule has 0 spiro atoms. The van der Waals surface area contributed by atoms with Gasteiger partial charge in [-0.25, -0.2) is 0 Å². The number of benzene rings is 2. The van der Waals surface area contributed by atoms with Gasteiger partial charge in [0.05, 0.1) is 15.7 Å². The van der Waals surface area contributed by atoms with Crippen molar-refractivity contribution in [2.75, 3.05) is 13.1 Å². The van der Waals surface area contributed by atoms with Gasteiger partial charge < -0.3 is 0 Å². The van der Waals surface area contributed by atoms with E-state index in [1.165, 1.54) is 11.3 Å². The van der Waals surface area contributed by atoms with Crippen LogP contribution in [0.25, 0.3) is 11.3 Å². The van der Waals surface area contributed by atoms with Crippen LogP contribution in [0.1, 0.15) is 30.0 Å². The van der Waals surface area contributed by atoms with Gasteiger partial charge in [0.2, 0.25) is 0 Å². The summed E-state index contributed by atoms with van der Waals surface area (Å²) in [5.41, 5.74) is 4.47. The molecular formula is C21H20Cl3N3. The van der Waals surface area contributed by atoms with Gasteiger partial charge in [-0.1, -0.05) is 53.0 Å². The van der Waals surface area contributed by atoms with E-state index in [9.17, 15) is 0 Å². The zero-order chi connectivity index (χ0) is 18.8. The molecule has 1 aliphatic rings. The lowest BCUT2D eigenvalue weighted by atomic mass is 9.93. The molecule has 0 aliphatic carbocycles. The second-order valence-corrected chi connectivity index (χ2v) is 8.27. The lowest BCUT2D eigenvalue weighted by molar-refractivity contribution is 0.203. The monoisotopic (exact) mass is 419 g/mol. The van der Waals surface area contributed by atoms with Gasteiger partial charge in [0, 0.05) is 28.7 Å². The highest BCUT2D eigenvalue weighted by molar-refractivity contribution is 6.42. The Morgan fingerprint density at radius 1 is 0.926 bits per heavy atom. The minimum atomic E-state index is 0.517. The van der Waals surface area contributed by atoms with Crippen molar-refractivity contribution in [1.29, 1.82) is 0 Å². The number of nitrogens with zero attached hydrogens (tertiary/aromatic N) is 2. The van der Waals surface area contributed by atoms with E-state index in [0.29, 0.717) is 16.0 Å². The summed E-state index contributed by atoms with van der Waals surface area (Å²) in [6.07, 6.45) is 2.23. The van der Waals surface area contributed by atoms with Crippen LogP contribution < -0.4 is 0 Å². The van der Waals surface area contributed by atoms with Crippen molar-refractivity contribution in [3.05, 3.63) is 74.9 Å². The molecule has 4 rings (SSSR count). The first kappa shape index (κ1) is 18.8. The maximum absolute atomic E-state index is 6.13. The molecule has 2 aromatic carbocycles. The molecule has 6 heteroatoms. The Labute approximate surface area is 174 Å². The van der Waals surface area contributed by atoms with Crippen molar-refractivity contribution in [3.8, 4) is 11.3 Å². The standard InChI is InChI=1S/C21H20Cl3N3/c22-17-4-2-15(3-5-17)20-12-21(26-25-20)16-7-9-27(10-8-16)13-14-1-6-18(23)19(24)11-14/h1-6,11-12,16H,7-10,13H2,(H,25,26). The molecule has 1 saturated heterocycles. The maximum Gasteiger partial charge on any atom is 0.0923 e. The second kappa shape index (κ2) is 8.24. The largest absolute Gasteiger partial charge is 0.299 e. The Kier molecular flexibility index (Phi) is 5.74. The van der Waals surface area contributed by atoms with Crippen molar-refractivity contribution in [1.82, 2.24) is 15.1 Å². The average Bonchev–Trinajstić information content (AvgIpc) is 3.16.